The molecule has 156 valence electrons. The van der Waals surface area contributed by atoms with Crippen LogP contribution < -0.4 is 5.32 Å². The third kappa shape index (κ3) is 4.59. The van der Waals surface area contributed by atoms with Crippen LogP contribution in [0.2, 0.25) is 0 Å². The van der Waals surface area contributed by atoms with Gasteiger partial charge in [0.2, 0.25) is 11.8 Å². The number of fused-ring (bicyclic) bond motifs is 1. The van der Waals surface area contributed by atoms with Crippen molar-refractivity contribution in [1.82, 2.24) is 19.7 Å². The molecule has 0 saturated carbocycles. The smallest absolute Gasteiger partial charge is 0.328 e. The van der Waals surface area contributed by atoms with Crippen LogP contribution in [-0.2, 0) is 28.9 Å². The second-order valence-electron chi connectivity index (χ2n) is 8.46. The molecule has 30 heavy (non-hydrogen) atoms. The Balaban J connectivity index is 1.41. The minimum atomic E-state index is -0.577. The Kier molecular flexibility index (Phi) is 5.15. The monoisotopic (exact) mass is 407 g/mol. The molecule has 8 heteroatoms. The summed E-state index contributed by atoms with van der Waals surface area (Å²) in [6.07, 6.45) is 6.73. The molecule has 3 aromatic rings. The number of aromatic hydroxyl groups is 1. The molecule has 1 aliphatic rings. The molecule has 0 saturated heterocycles. The van der Waals surface area contributed by atoms with Crippen LogP contribution in [0.15, 0.2) is 42.9 Å². The fourth-order valence-electron chi connectivity index (χ4n) is 3.59. The van der Waals surface area contributed by atoms with Gasteiger partial charge in [0.15, 0.2) is 0 Å². The number of anilines is 1. The topological polar surface area (TPSA) is 102 Å². The highest BCUT2D eigenvalue weighted by Crippen LogP contribution is 2.28. The number of ether oxygens (including phenoxy) is 1. The van der Waals surface area contributed by atoms with Crippen molar-refractivity contribution in [1.29, 1.82) is 0 Å². The second-order valence-corrected chi connectivity index (χ2v) is 8.46. The number of aromatic nitrogens is 4. The highest BCUT2D eigenvalue weighted by molar-refractivity contribution is 5.71. The number of hydrogen-bond acceptors (Lipinski definition) is 7. The van der Waals surface area contributed by atoms with Gasteiger partial charge < -0.3 is 15.2 Å². The van der Waals surface area contributed by atoms with E-state index in [0.29, 0.717) is 17.1 Å². The van der Waals surface area contributed by atoms with Gasteiger partial charge in [-0.2, -0.15) is 0 Å². The Morgan fingerprint density at radius 2 is 1.83 bits per heavy atom. The fourth-order valence-corrected chi connectivity index (χ4v) is 3.59. The predicted octanol–water partition coefficient (Wildman–Crippen LogP) is 2.97. The molecule has 2 N–H and O–H groups in total. The standard InChI is InChI=1S/C22H25N5O3/c1-22(2,3)30-19(28)13-27-12-18(20(29)26-27)16-10-23-21(24-11-16)25-17-8-14-6-4-5-7-15(14)9-17/h4-7,10-12,17H,8-9,13H2,1-3H3,(H,26,29)(H,23,24,25). The zero-order chi connectivity index (χ0) is 21.3. The normalized spacial score (nSPS) is 13.8. The van der Waals surface area contributed by atoms with Crippen LogP contribution in [0, 0.1) is 0 Å². The van der Waals surface area contributed by atoms with Crippen molar-refractivity contribution in [2.45, 2.75) is 51.8 Å². The Morgan fingerprint density at radius 1 is 1.20 bits per heavy atom. The van der Waals surface area contributed by atoms with Crippen molar-refractivity contribution < 1.29 is 14.6 Å². The summed E-state index contributed by atoms with van der Waals surface area (Å²) in [7, 11) is 0. The first-order chi connectivity index (χ1) is 14.3. The third-order valence-corrected chi connectivity index (χ3v) is 4.80. The van der Waals surface area contributed by atoms with E-state index < -0.39 is 11.6 Å². The lowest BCUT2D eigenvalue weighted by Gasteiger charge is -2.19. The van der Waals surface area contributed by atoms with Gasteiger partial charge in [0.1, 0.15) is 12.1 Å². The van der Waals surface area contributed by atoms with Crippen LogP contribution in [0.25, 0.3) is 11.1 Å². The lowest BCUT2D eigenvalue weighted by molar-refractivity contribution is -0.155. The van der Waals surface area contributed by atoms with Gasteiger partial charge in [-0.25, -0.2) is 9.97 Å². The molecule has 8 nitrogen and oxygen atoms in total. The molecule has 2 aromatic heterocycles. The summed E-state index contributed by atoms with van der Waals surface area (Å²) < 4.78 is 6.63. The number of esters is 1. The van der Waals surface area contributed by atoms with Crippen molar-refractivity contribution in [3.8, 4) is 17.0 Å². The van der Waals surface area contributed by atoms with Gasteiger partial charge in [0.25, 0.3) is 0 Å². The molecule has 2 heterocycles. The SMILES string of the molecule is CC(C)(C)OC(=O)Cn1cc(-c2cnc(NC3Cc4ccccc4C3)nc2)c(O)n1. The van der Waals surface area contributed by atoms with Crippen molar-refractivity contribution in [2.24, 2.45) is 0 Å². The average molecular weight is 407 g/mol. The van der Waals surface area contributed by atoms with Crippen LogP contribution in [0.1, 0.15) is 31.9 Å². The van der Waals surface area contributed by atoms with Crippen LogP contribution >= 0.6 is 0 Å². The number of hydrogen-bond donors (Lipinski definition) is 2. The van der Waals surface area contributed by atoms with Gasteiger partial charge in [0.05, 0.1) is 5.56 Å². The van der Waals surface area contributed by atoms with Crippen LogP contribution in [0.5, 0.6) is 5.88 Å². The van der Waals surface area contributed by atoms with Gasteiger partial charge >= 0.3 is 5.97 Å². The van der Waals surface area contributed by atoms with Gasteiger partial charge in [-0.3, -0.25) is 9.48 Å². The molecular weight excluding hydrogens is 382 g/mol. The van der Waals surface area contributed by atoms with Crippen molar-refractivity contribution >= 4 is 11.9 Å². The van der Waals surface area contributed by atoms with Crippen LogP contribution in [0.3, 0.4) is 0 Å². The molecule has 1 aliphatic carbocycles. The van der Waals surface area contributed by atoms with E-state index in [1.807, 2.05) is 0 Å². The first-order valence-electron chi connectivity index (χ1n) is 9.91. The lowest BCUT2D eigenvalue weighted by Crippen LogP contribution is -2.26. The van der Waals surface area contributed by atoms with E-state index in [-0.39, 0.29) is 18.5 Å². The Bertz CT molecular complexity index is 1030. The zero-order valence-electron chi connectivity index (χ0n) is 17.3. The van der Waals surface area contributed by atoms with Crippen molar-refractivity contribution in [2.75, 3.05) is 5.32 Å². The van der Waals surface area contributed by atoms with E-state index in [1.165, 1.54) is 15.8 Å². The van der Waals surface area contributed by atoms with E-state index in [9.17, 15) is 9.90 Å². The maximum Gasteiger partial charge on any atom is 0.328 e. The summed E-state index contributed by atoms with van der Waals surface area (Å²) >= 11 is 0. The van der Waals surface area contributed by atoms with E-state index in [1.54, 1.807) is 39.4 Å². The molecule has 0 fully saturated rings. The number of rotatable bonds is 5. The summed E-state index contributed by atoms with van der Waals surface area (Å²) in [5.74, 6) is -0.0730. The minimum absolute atomic E-state index is 0.0897. The largest absolute Gasteiger partial charge is 0.492 e. The van der Waals surface area contributed by atoms with Crippen molar-refractivity contribution in [3.05, 3.63) is 54.0 Å². The maximum atomic E-state index is 12.0. The summed E-state index contributed by atoms with van der Waals surface area (Å²) in [6.45, 7) is 5.31. The summed E-state index contributed by atoms with van der Waals surface area (Å²) in [5, 5.41) is 17.5. The molecule has 0 unspecified atom stereocenters. The third-order valence-electron chi connectivity index (χ3n) is 4.80. The van der Waals surface area contributed by atoms with E-state index in [4.69, 9.17) is 4.74 Å². The Morgan fingerprint density at radius 3 is 2.43 bits per heavy atom. The number of carbonyl (C=O) groups excluding carboxylic acids is 1. The fraction of sp³-hybridized carbons (Fsp3) is 0.364. The van der Waals surface area contributed by atoms with E-state index >= 15 is 0 Å². The summed E-state index contributed by atoms with van der Waals surface area (Å²) in [5.41, 5.74) is 3.20. The molecule has 0 aliphatic heterocycles. The molecule has 0 spiro atoms. The number of nitrogens with zero attached hydrogens (tertiary/aromatic N) is 4. The molecule has 1 aromatic carbocycles. The lowest BCUT2D eigenvalue weighted by atomic mass is 10.1. The molecule has 0 bridgehead atoms. The van der Waals surface area contributed by atoms with Crippen molar-refractivity contribution in [3.63, 3.8) is 0 Å². The van der Waals surface area contributed by atoms with Gasteiger partial charge in [0, 0.05) is 30.2 Å². The highest BCUT2D eigenvalue weighted by Gasteiger charge is 2.22. The molecule has 0 amide bonds. The number of carbonyl (C=O) groups is 1. The highest BCUT2D eigenvalue weighted by atomic mass is 16.6. The van der Waals surface area contributed by atoms with Gasteiger partial charge in [-0.1, -0.05) is 24.3 Å². The number of benzene rings is 1. The van der Waals surface area contributed by atoms with Crippen LogP contribution in [-0.4, -0.2) is 42.5 Å². The summed E-state index contributed by atoms with van der Waals surface area (Å²) in [6, 6.07) is 8.68. The van der Waals surface area contributed by atoms with Gasteiger partial charge in [-0.05, 0) is 44.7 Å². The molecule has 0 radical (unpaired) electrons. The first kappa shape index (κ1) is 19.9. The van der Waals surface area contributed by atoms with E-state index in [0.717, 1.165) is 12.8 Å². The minimum Gasteiger partial charge on any atom is -0.492 e. The van der Waals surface area contributed by atoms with Gasteiger partial charge in [-0.15, -0.1) is 5.10 Å². The summed E-state index contributed by atoms with van der Waals surface area (Å²) in [4.78, 5) is 20.7. The quantitative estimate of drug-likeness (QED) is 0.627. The maximum absolute atomic E-state index is 12.0. The Labute approximate surface area is 174 Å². The molecular formula is C22H25N5O3. The first-order valence-corrected chi connectivity index (χ1v) is 9.91. The predicted molar refractivity (Wildman–Crippen MR) is 112 cm³/mol. The number of nitrogens with one attached hydrogen (secondary N) is 1. The molecule has 0 atom stereocenters. The van der Waals surface area contributed by atoms with E-state index in [2.05, 4.69) is 44.6 Å². The average Bonchev–Trinajstić information content (AvgIpc) is 3.23. The second kappa shape index (κ2) is 7.78. The Hall–Kier alpha value is -3.42. The molecule has 4 rings (SSSR count). The zero-order valence-corrected chi connectivity index (χ0v) is 17.3. The van der Waals surface area contributed by atoms with Crippen LogP contribution in [0.4, 0.5) is 5.95 Å².